The number of hydrogen-bond donors (Lipinski definition) is 1. The van der Waals surface area contributed by atoms with Gasteiger partial charge in [-0.1, -0.05) is 32.9 Å². The van der Waals surface area contributed by atoms with Gasteiger partial charge in [0.05, 0.1) is 11.3 Å². The summed E-state index contributed by atoms with van der Waals surface area (Å²) in [5, 5.41) is 4.21. The van der Waals surface area contributed by atoms with E-state index in [4.69, 9.17) is 0 Å². The molecule has 1 amide bonds. The standard InChI is InChI=1S/C23H28N4OS/c1-4-19-12-20-21(24-14-25-23(20)29-19)27-11-5-6-17(13-27)22(28)26-18-9-7-16(8-10-18)15(2)3/h7-10,12,14-15,17H,4-6,11,13H2,1-3H3,(H,26,28)/t17-/m0/s1. The zero-order chi connectivity index (χ0) is 20.4. The van der Waals surface area contributed by atoms with E-state index in [2.05, 4.69) is 59.2 Å². The van der Waals surface area contributed by atoms with Crippen LogP contribution >= 0.6 is 11.3 Å². The van der Waals surface area contributed by atoms with E-state index in [1.165, 1.54) is 10.4 Å². The largest absolute Gasteiger partial charge is 0.355 e. The molecule has 0 saturated carbocycles. The van der Waals surface area contributed by atoms with Crippen molar-refractivity contribution in [2.45, 2.75) is 46.0 Å². The summed E-state index contributed by atoms with van der Waals surface area (Å²) < 4.78 is 0. The van der Waals surface area contributed by atoms with Crippen LogP contribution in [0.2, 0.25) is 0 Å². The highest BCUT2D eigenvalue weighted by Gasteiger charge is 2.28. The summed E-state index contributed by atoms with van der Waals surface area (Å²) in [6, 6.07) is 10.4. The Labute approximate surface area is 176 Å². The lowest BCUT2D eigenvalue weighted by Gasteiger charge is -2.33. The van der Waals surface area contributed by atoms with Gasteiger partial charge in [-0.3, -0.25) is 4.79 Å². The number of carbonyl (C=O) groups excluding carboxylic acids is 1. The van der Waals surface area contributed by atoms with Gasteiger partial charge >= 0.3 is 0 Å². The molecule has 3 heterocycles. The molecule has 0 spiro atoms. The molecule has 1 aliphatic heterocycles. The first-order valence-electron chi connectivity index (χ1n) is 10.4. The van der Waals surface area contributed by atoms with E-state index in [0.717, 1.165) is 47.5 Å². The van der Waals surface area contributed by atoms with Gasteiger partial charge in [-0.25, -0.2) is 9.97 Å². The fourth-order valence-corrected chi connectivity index (χ4v) is 4.83. The van der Waals surface area contributed by atoms with Crippen molar-refractivity contribution in [3.05, 3.63) is 47.1 Å². The van der Waals surface area contributed by atoms with Crippen LogP contribution in [-0.4, -0.2) is 29.0 Å². The molecule has 4 rings (SSSR count). The second kappa shape index (κ2) is 8.49. The molecule has 6 heteroatoms. The highest BCUT2D eigenvalue weighted by atomic mass is 32.1. The highest BCUT2D eigenvalue weighted by Crippen LogP contribution is 2.32. The normalized spacial score (nSPS) is 17.1. The van der Waals surface area contributed by atoms with Gasteiger partial charge < -0.3 is 10.2 Å². The molecule has 1 aliphatic rings. The van der Waals surface area contributed by atoms with Crippen molar-refractivity contribution in [2.24, 2.45) is 5.92 Å². The van der Waals surface area contributed by atoms with Crippen molar-refractivity contribution in [2.75, 3.05) is 23.3 Å². The Hall–Kier alpha value is -2.47. The van der Waals surface area contributed by atoms with E-state index in [-0.39, 0.29) is 11.8 Å². The van der Waals surface area contributed by atoms with E-state index >= 15 is 0 Å². The fourth-order valence-electron chi connectivity index (χ4n) is 3.90. The quantitative estimate of drug-likeness (QED) is 0.628. The number of anilines is 2. The van der Waals surface area contributed by atoms with Gasteiger partial charge in [0, 0.05) is 23.7 Å². The monoisotopic (exact) mass is 408 g/mol. The maximum absolute atomic E-state index is 12.9. The summed E-state index contributed by atoms with van der Waals surface area (Å²) in [4.78, 5) is 26.5. The van der Waals surface area contributed by atoms with Crippen LogP contribution in [0.25, 0.3) is 10.2 Å². The van der Waals surface area contributed by atoms with Gasteiger partial charge in [0.25, 0.3) is 0 Å². The van der Waals surface area contributed by atoms with E-state index in [0.29, 0.717) is 12.5 Å². The maximum atomic E-state index is 12.9. The zero-order valence-corrected chi connectivity index (χ0v) is 18.1. The van der Waals surface area contributed by atoms with Crippen LogP contribution in [0.1, 0.15) is 50.0 Å². The first-order chi connectivity index (χ1) is 14.0. The number of carbonyl (C=O) groups is 1. The minimum Gasteiger partial charge on any atom is -0.355 e. The van der Waals surface area contributed by atoms with Crippen LogP contribution in [0.5, 0.6) is 0 Å². The average Bonchev–Trinajstić information content (AvgIpc) is 3.17. The second-order valence-electron chi connectivity index (χ2n) is 8.03. The fraction of sp³-hybridized carbons (Fsp3) is 0.435. The highest BCUT2D eigenvalue weighted by molar-refractivity contribution is 7.18. The lowest BCUT2D eigenvalue weighted by Crippen LogP contribution is -2.41. The van der Waals surface area contributed by atoms with Crippen molar-refractivity contribution >= 4 is 39.0 Å². The molecule has 152 valence electrons. The summed E-state index contributed by atoms with van der Waals surface area (Å²) >= 11 is 1.73. The molecule has 0 radical (unpaired) electrons. The molecule has 1 fully saturated rings. The Bertz CT molecular complexity index is 996. The molecule has 0 bridgehead atoms. The van der Waals surface area contributed by atoms with Crippen LogP contribution in [0.3, 0.4) is 0 Å². The third-order valence-electron chi connectivity index (χ3n) is 5.64. The van der Waals surface area contributed by atoms with Crippen molar-refractivity contribution in [3.8, 4) is 0 Å². The Morgan fingerprint density at radius 3 is 2.79 bits per heavy atom. The molecule has 5 nitrogen and oxygen atoms in total. The van der Waals surface area contributed by atoms with Gasteiger partial charge in [0.2, 0.25) is 5.91 Å². The van der Waals surface area contributed by atoms with Crippen molar-refractivity contribution in [3.63, 3.8) is 0 Å². The van der Waals surface area contributed by atoms with E-state index in [1.807, 2.05) is 12.1 Å². The first-order valence-corrected chi connectivity index (χ1v) is 11.3. The Kier molecular flexibility index (Phi) is 5.81. The summed E-state index contributed by atoms with van der Waals surface area (Å²) in [6.07, 6.45) is 4.54. The maximum Gasteiger partial charge on any atom is 0.229 e. The molecule has 0 aliphatic carbocycles. The third-order valence-corrected chi connectivity index (χ3v) is 6.83. The molecule has 3 aromatic rings. The second-order valence-corrected chi connectivity index (χ2v) is 9.15. The van der Waals surface area contributed by atoms with E-state index in [1.54, 1.807) is 17.7 Å². The number of nitrogens with one attached hydrogen (secondary N) is 1. The lowest BCUT2D eigenvalue weighted by molar-refractivity contribution is -0.120. The van der Waals surface area contributed by atoms with Crippen molar-refractivity contribution in [1.29, 1.82) is 0 Å². The molecular weight excluding hydrogens is 380 g/mol. The number of nitrogens with zero attached hydrogens (tertiary/aromatic N) is 3. The number of hydrogen-bond acceptors (Lipinski definition) is 5. The van der Waals surface area contributed by atoms with Gasteiger partial charge in [-0.2, -0.15) is 0 Å². The zero-order valence-electron chi connectivity index (χ0n) is 17.3. The van der Waals surface area contributed by atoms with Crippen LogP contribution in [0.15, 0.2) is 36.7 Å². The Morgan fingerprint density at radius 2 is 2.07 bits per heavy atom. The molecule has 29 heavy (non-hydrogen) atoms. The molecule has 1 aromatic carbocycles. The number of aryl methyl sites for hydroxylation is 1. The summed E-state index contributed by atoms with van der Waals surface area (Å²) in [6.45, 7) is 8.12. The summed E-state index contributed by atoms with van der Waals surface area (Å²) in [7, 11) is 0. The molecule has 2 aromatic heterocycles. The topological polar surface area (TPSA) is 58.1 Å². The van der Waals surface area contributed by atoms with Crippen LogP contribution in [0.4, 0.5) is 11.5 Å². The number of thiophene rings is 1. The minimum atomic E-state index is -0.0391. The molecule has 1 N–H and O–H groups in total. The molecular formula is C23H28N4OS. The third kappa shape index (κ3) is 4.27. The number of benzene rings is 1. The smallest absolute Gasteiger partial charge is 0.229 e. The van der Waals surface area contributed by atoms with Gasteiger partial charge in [-0.15, -0.1) is 11.3 Å². The number of rotatable bonds is 5. The van der Waals surface area contributed by atoms with Crippen LogP contribution < -0.4 is 10.2 Å². The molecule has 1 atom stereocenters. The van der Waals surface area contributed by atoms with Crippen molar-refractivity contribution < 1.29 is 4.79 Å². The van der Waals surface area contributed by atoms with Gasteiger partial charge in [-0.05, 0) is 48.9 Å². The number of amides is 1. The van der Waals surface area contributed by atoms with Crippen molar-refractivity contribution in [1.82, 2.24) is 9.97 Å². The first kappa shape index (κ1) is 19.8. The van der Waals surface area contributed by atoms with Crippen LogP contribution in [0, 0.1) is 5.92 Å². The SMILES string of the molecule is CCc1cc2c(N3CCC[C@H](C(=O)Nc4ccc(C(C)C)cc4)C3)ncnc2s1. The Balaban J connectivity index is 1.48. The average molecular weight is 409 g/mol. The number of aromatic nitrogens is 2. The van der Waals surface area contributed by atoms with Gasteiger partial charge in [0.1, 0.15) is 17.0 Å². The van der Waals surface area contributed by atoms with Gasteiger partial charge in [0.15, 0.2) is 0 Å². The predicted molar refractivity (Wildman–Crippen MR) is 121 cm³/mol. The number of piperidine rings is 1. The number of fused-ring (bicyclic) bond motifs is 1. The molecule has 0 unspecified atom stereocenters. The van der Waals surface area contributed by atoms with E-state index < -0.39 is 0 Å². The molecule has 1 saturated heterocycles. The van der Waals surface area contributed by atoms with E-state index in [9.17, 15) is 4.79 Å². The summed E-state index contributed by atoms with van der Waals surface area (Å²) in [5.41, 5.74) is 2.15. The summed E-state index contributed by atoms with van der Waals surface area (Å²) in [5.74, 6) is 1.51. The minimum absolute atomic E-state index is 0.0391. The van der Waals surface area contributed by atoms with Crippen LogP contribution in [-0.2, 0) is 11.2 Å². The Morgan fingerprint density at radius 1 is 1.28 bits per heavy atom. The predicted octanol–water partition coefficient (Wildman–Crippen LogP) is 5.23. The lowest BCUT2D eigenvalue weighted by atomic mass is 9.96.